The van der Waals surface area contributed by atoms with Gasteiger partial charge in [0.15, 0.2) is 5.65 Å². The number of carboxylic acids is 1. The number of aliphatic carboxylic acids is 1. The van der Waals surface area contributed by atoms with Gasteiger partial charge in [-0.25, -0.2) is 9.67 Å². The number of nitrogens with one attached hydrogen (secondary N) is 1. The van der Waals surface area contributed by atoms with Gasteiger partial charge in [0.2, 0.25) is 0 Å². The van der Waals surface area contributed by atoms with Crippen LogP contribution in [-0.4, -0.2) is 38.3 Å². The Morgan fingerprint density at radius 1 is 1.28 bits per heavy atom. The number of amides is 1. The Morgan fingerprint density at radius 3 is 2.52 bits per heavy atom. The predicted molar refractivity (Wildman–Crippen MR) is 109 cm³/mol. The standard InChI is InChI=1S/C21H26N4O4/c1-11(2)25-18-16(9-23-25)15(19(26)22-10-21(5,6)20(27)28)8-17(24-18)14-7-12(3)29-13(14)4/h7-9,11H,10H2,1-6H3,(H,22,26)(H,27,28). The summed E-state index contributed by atoms with van der Waals surface area (Å²) in [6, 6.07) is 3.65. The van der Waals surface area contributed by atoms with E-state index in [2.05, 4.69) is 10.4 Å². The lowest BCUT2D eigenvalue weighted by atomic mass is 9.93. The van der Waals surface area contributed by atoms with Crippen LogP contribution < -0.4 is 5.32 Å². The van der Waals surface area contributed by atoms with E-state index in [1.807, 2.05) is 33.8 Å². The molecular weight excluding hydrogens is 372 g/mol. The van der Waals surface area contributed by atoms with Crippen molar-refractivity contribution in [3.05, 3.63) is 35.4 Å². The minimum atomic E-state index is -1.08. The summed E-state index contributed by atoms with van der Waals surface area (Å²) in [4.78, 5) is 29.1. The topological polar surface area (TPSA) is 110 Å². The SMILES string of the molecule is Cc1cc(-c2cc(C(=O)NCC(C)(C)C(=O)O)c3cnn(C(C)C)c3n2)c(C)o1. The molecule has 0 fully saturated rings. The molecule has 0 aliphatic carbocycles. The van der Waals surface area contributed by atoms with Gasteiger partial charge in [-0.3, -0.25) is 9.59 Å². The van der Waals surface area contributed by atoms with E-state index in [1.54, 1.807) is 30.8 Å². The molecule has 3 rings (SSSR count). The fourth-order valence-corrected chi connectivity index (χ4v) is 3.08. The number of carbonyl (C=O) groups excluding carboxylic acids is 1. The number of hydrogen-bond donors (Lipinski definition) is 2. The number of furan rings is 1. The van der Waals surface area contributed by atoms with Crippen LogP contribution in [0.4, 0.5) is 0 Å². The first-order valence-electron chi connectivity index (χ1n) is 9.48. The number of aromatic nitrogens is 3. The molecule has 0 saturated carbocycles. The van der Waals surface area contributed by atoms with Crippen molar-refractivity contribution < 1.29 is 19.1 Å². The average molecular weight is 398 g/mol. The van der Waals surface area contributed by atoms with Gasteiger partial charge in [-0.1, -0.05) is 0 Å². The van der Waals surface area contributed by atoms with Crippen LogP contribution in [0.5, 0.6) is 0 Å². The largest absolute Gasteiger partial charge is 0.481 e. The first-order chi connectivity index (χ1) is 13.5. The third kappa shape index (κ3) is 3.87. The Kier molecular flexibility index (Phi) is 5.21. The Bertz CT molecular complexity index is 1090. The van der Waals surface area contributed by atoms with Crippen molar-refractivity contribution in [3.8, 4) is 11.3 Å². The fraction of sp³-hybridized carbons (Fsp3) is 0.429. The summed E-state index contributed by atoms with van der Waals surface area (Å²) in [5.74, 6) is 0.124. The zero-order valence-electron chi connectivity index (χ0n) is 17.5. The summed E-state index contributed by atoms with van der Waals surface area (Å²) in [5, 5.41) is 17.1. The zero-order valence-corrected chi connectivity index (χ0v) is 17.5. The molecule has 0 atom stereocenters. The third-order valence-electron chi connectivity index (χ3n) is 4.89. The number of carboxylic acid groups (broad SMARTS) is 1. The molecule has 29 heavy (non-hydrogen) atoms. The molecule has 154 valence electrons. The highest BCUT2D eigenvalue weighted by molar-refractivity contribution is 6.06. The molecule has 0 radical (unpaired) electrons. The number of nitrogens with zero attached hydrogens (tertiary/aromatic N) is 3. The molecular formula is C21H26N4O4. The van der Waals surface area contributed by atoms with Crippen LogP contribution in [0.2, 0.25) is 0 Å². The molecule has 0 bridgehead atoms. The zero-order chi connectivity index (χ0) is 21.5. The fourth-order valence-electron chi connectivity index (χ4n) is 3.08. The first-order valence-corrected chi connectivity index (χ1v) is 9.48. The first kappa shape index (κ1) is 20.6. The van der Waals surface area contributed by atoms with Crippen LogP contribution in [0.25, 0.3) is 22.3 Å². The molecule has 3 aromatic rings. The second-order valence-electron chi connectivity index (χ2n) is 8.17. The van der Waals surface area contributed by atoms with Crippen LogP contribution in [0.1, 0.15) is 55.6 Å². The van der Waals surface area contributed by atoms with Crippen molar-refractivity contribution in [2.45, 2.75) is 47.6 Å². The Morgan fingerprint density at radius 2 is 1.97 bits per heavy atom. The third-order valence-corrected chi connectivity index (χ3v) is 4.89. The molecule has 0 saturated heterocycles. The van der Waals surface area contributed by atoms with Crippen LogP contribution in [0.15, 0.2) is 22.7 Å². The van der Waals surface area contributed by atoms with Gasteiger partial charge in [-0.05, 0) is 53.7 Å². The minimum Gasteiger partial charge on any atom is -0.481 e. The lowest BCUT2D eigenvalue weighted by Crippen LogP contribution is -2.39. The number of fused-ring (bicyclic) bond motifs is 1. The number of aryl methyl sites for hydroxylation is 2. The maximum atomic E-state index is 13.0. The average Bonchev–Trinajstić information content (AvgIpc) is 3.21. The highest BCUT2D eigenvalue weighted by atomic mass is 16.4. The second-order valence-corrected chi connectivity index (χ2v) is 8.17. The highest BCUT2D eigenvalue weighted by Gasteiger charge is 2.28. The van der Waals surface area contributed by atoms with Gasteiger partial charge in [-0.15, -0.1) is 0 Å². The van der Waals surface area contributed by atoms with E-state index in [0.717, 1.165) is 11.3 Å². The quantitative estimate of drug-likeness (QED) is 0.655. The molecule has 0 spiro atoms. The molecule has 0 aromatic carbocycles. The number of carbonyl (C=O) groups is 2. The van der Waals surface area contributed by atoms with E-state index in [9.17, 15) is 14.7 Å². The van der Waals surface area contributed by atoms with Gasteiger partial charge in [0.25, 0.3) is 5.91 Å². The highest BCUT2D eigenvalue weighted by Crippen LogP contribution is 2.30. The van der Waals surface area contributed by atoms with Crippen molar-refractivity contribution in [1.82, 2.24) is 20.1 Å². The smallest absolute Gasteiger partial charge is 0.310 e. The van der Waals surface area contributed by atoms with Crippen molar-refractivity contribution in [1.29, 1.82) is 0 Å². The summed E-state index contributed by atoms with van der Waals surface area (Å²) in [6.45, 7) is 10.8. The van der Waals surface area contributed by atoms with E-state index in [-0.39, 0.29) is 18.5 Å². The normalized spacial score (nSPS) is 12.0. The van der Waals surface area contributed by atoms with E-state index in [0.29, 0.717) is 28.1 Å². The van der Waals surface area contributed by atoms with Crippen molar-refractivity contribution in [2.24, 2.45) is 5.41 Å². The predicted octanol–water partition coefficient (Wildman–Crippen LogP) is 3.73. The second kappa shape index (κ2) is 7.35. The van der Waals surface area contributed by atoms with Gasteiger partial charge < -0.3 is 14.8 Å². The molecule has 3 heterocycles. The molecule has 8 heteroatoms. The van der Waals surface area contributed by atoms with E-state index >= 15 is 0 Å². The van der Waals surface area contributed by atoms with Crippen molar-refractivity contribution in [3.63, 3.8) is 0 Å². The summed E-state index contributed by atoms with van der Waals surface area (Å²) < 4.78 is 7.39. The molecule has 8 nitrogen and oxygen atoms in total. The summed E-state index contributed by atoms with van der Waals surface area (Å²) in [7, 11) is 0. The Balaban J connectivity index is 2.11. The minimum absolute atomic E-state index is 0.00246. The van der Waals surface area contributed by atoms with E-state index in [4.69, 9.17) is 9.40 Å². The van der Waals surface area contributed by atoms with Crippen LogP contribution >= 0.6 is 0 Å². The monoisotopic (exact) mass is 398 g/mol. The Hall–Kier alpha value is -3.16. The molecule has 1 amide bonds. The number of hydrogen-bond acceptors (Lipinski definition) is 5. The lowest BCUT2D eigenvalue weighted by molar-refractivity contribution is -0.146. The molecule has 0 aliphatic heterocycles. The van der Waals surface area contributed by atoms with Crippen LogP contribution in [-0.2, 0) is 4.79 Å². The van der Waals surface area contributed by atoms with Gasteiger partial charge in [0.05, 0.1) is 28.3 Å². The molecule has 3 aromatic heterocycles. The maximum Gasteiger partial charge on any atom is 0.310 e. The van der Waals surface area contributed by atoms with E-state index < -0.39 is 11.4 Å². The molecule has 0 aliphatic rings. The van der Waals surface area contributed by atoms with Gasteiger partial charge >= 0.3 is 5.97 Å². The maximum absolute atomic E-state index is 13.0. The van der Waals surface area contributed by atoms with E-state index in [1.165, 1.54) is 0 Å². The van der Waals surface area contributed by atoms with Crippen LogP contribution in [0.3, 0.4) is 0 Å². The molecule has 2 N–H and O–H groups in total. The van der Waals surface area contributed by atoms with Gasteiger partial charge in [0.1, 0.15) is 11.5 Å². The summed E-state index contributed by atoms with van der Waals surface area (Å²) >= 11 is 0. The van der Waals surface area contributed by atoms with Crippen molar-refractivity contribution >= 4 is 22.9 Å². The molecule has 0 unspecified atom stereocenters. The Labute approximate surface area is 168 Å². The van der Waals surface area contributed by atoms with Crippen molar-refractivity contribution in [2.75, 3.05) is 6.54 Å². The van der Waals surface area contributed by atoms with Crippen LogP contribution in [0, 0.1) is 19.3 Å². The van der Waals surface area contributed by atoms with Gasteiger partial charge in [0, 0.05) is 18.2 Å². The number of rotatable bonds is 6. The summed E-state index contributed by atoms with van der Waals surface area (Å²) in [5.41, 5.74) is 1.33. The summed E-state index contributed by atoms with van der Waals surface area (Å²) in [6.07, 6.45) is 1.62. The lowest BCUT2D eigenvalue weighted by Gasteiger charge is -2.19. The van der Waals surface area contributed by atoms with Gasteiger partial charge in [-0.2, -0.15) is 5.10 Å². The number of pyridine rings is 1.